The molecule has 9 nitrogen and oxygen atoms in total. The number of carbonyl (C=O) groups excluding carboxylic acids is 2. The Bertz CT molecular complexity index is 1710. The first kappa shape index (κ1) is 27.7. The number of imide groups is 1. The van der Waals surface area contributed by atoms with Gasteiger partial charge in [-0.05, 0) is 35.4 Å². The number of urea groups is 1. The molecule has 2 aliphatic heterocycles. The van der Waals surface area contributed by atoms with Gasteiger partial charge in [0.15, 0.2) is 11.6 Å². The second-order valence-corrected chi connectivity index (χ2v) is 10.7. The van der Waals surface area contributed by atoms with Gasteiger partial charge < -0.3 is 14.4 Å². The van der Waals surface area contributed by atoms with Gasteiger partial charge in [-0.25, -0.2) is 18.6 Å². The van der Waals surface area contributed by atoms with E-state index in [-0.39, 0.29) is 47.6 Å². The lowest BCUT2D eigenvalue weighted by Crippen LogP contribution is -2.50. The summed E-state index contributed by atoms with van der Waals surface area (Å²) in [5.41, 5.74) is 3.53. The number of aromatic nitrogens is 2. The number of aromatic hydroxyl groups is 1. The van der Waals surface area contributed by atoms with E-state index in [4.69, 9.17) is 16.3 Å². The number of phenols is 1. The SMILES string of the molecule is Cn1c(N2CCC(=O)NC2=O)cnc1-c1ccc2c(c1)CN(Cc1cc(F)c(OCc3c(F)cccc3Cl)cc1O)C2. The number of rotatable bonds is 7. The van der Waals surface area contributed by atoms with Gasteiger partial charge in [-0.15, -0.1) is 0 Å². The van der Waals surface area contributed by atoms with Crippen molar-refractivity contribution in [3.05, 3.63) is 93.6 Å². The van der Waals surface area contributed by atoms with Gasteiger partial charge in [0.2, 0.25) is 5.91 Å². The number of phenolic OH excluding ortho intramolecular Hbond substituents is 1. The van der Waals surface area contributed by atoms with E-state index in [9.17, 15) is 23.5 Å². The Balaban J connectivity index is 1.14. The van der Waals surface area contributed by atoms with E-state index < -0.39 is 17.7 Å². The van der Waals surface area contributed by atoms with Gasteiger partial charge in [0, 0.05) is 62.4 Å². The second kappa shape index (κ2) is 11.1. The number of halogens is 3. The van der Waals surface area contributed by atoms with Crippen LogP contribution in [-0.2, 0) is 38.1 Å². The molecule has 2 N–H and O–H groups in total. The zero-order valence-corrected chi connectivity index (χ0v) is 23.3. The van der Waals surface area contributed by atoms with Gasteiger partial charge >= 0.3 is 6.03 Å². The minimum absolute atomic E-state index is 0.103. The highest BCUT2D eigenvalue weighted by atomic mass is 35.5. The predicted molar refractivity (Wildman–Crippen MR) is 151 cm³/mol. The van der Waals surface area contributed by atoms with Crippen molar-refractivity contribution in [2.24, 2.45) is 7.05 Å². The summed E-state index contributed by atoms with van der Waals surface area (Å²) >= 11 is 6.02. The maximum Gasteiger partial charge on any atom is 0.329 e. The Kier molecular flexibility index (Phi) is 7.29. The molecule has 0 atom stereocenters. The summed E-state index contributed by atoms with van der Waals surface area (Å²) in [7, 11) is 1.82. The average molecular weight is 594 g/mol. The van der Waals surface area contributed by atoms with Crippen LogP contribution in [0.1, 0.15) is 28.7 Å². The molecule has 4 aromatic rings. The third-order valence-electron chi connectivity index (χ3n) is 7.51. The molecule has 1 fully saturated rings. The molecule has 1 aromatic heterocycles. The number of hydrogen-bond donors (Lipinski definition) is 2. The Morgan fingerprint density at radius 3 is 2.67 bits per heavy atom. The fourth-order valence-electron chi connectivity index (χ4n) is 5.30. The monoisotopic (exact) mass is 593 g/mol. The minimum atomic E-state index is -0.674. The van der Waals surface area contributed by atoms with E-state index in [0.29, 0.717) is 36.8 Å². The second-order valence-electron chi connectivity index (χ2n) is 10.3. The van der Waals surface area contributed by atoms with Crippen molar-refractivity contribution in [2.45, 2.75) is 32.7 Å². The van der Waals surface area contributed by atoms with Crippen LogP contribution in [0, 0.1) is 11.6 Å². The lowest BCUT2D eigenvalue weighted by atomic mass is 10.1. The van der Waals surface area contributed by atoms with Crippen molar-refractivity contribution in [1.82, 2.24) is 19.8 Å². The Hall–Kier alpha value is -4.48. The van der Waals surface area contributed by atoms with Crippen LogP contribution in [0.15, 0.2) is 54.7 Å². The quantitative estimate of drug-likeness (QED) is 0.303. The van der Waals surface area contributed by atoms with Crippen LogP contribution in [0.4, 0.5) is 19.4 Å². The van der Waals surface area contributed by atoms with Crippen molar-refractivity contribution in [1.29, 1.82) is 0 Å². The van der Waals surface area contributed by atoms with E-state index in [0.717, 1.165) is 16.7 Å². The number of fused-ring (bicyclic) bond motifs is 1. The number of amides is 3. The summed E-state index contributed by atoms with van der Waals surface area (Å²) in [6.07, 6.45) is 1.83. The standard InChI is InChI=1S/C30H26ClF2N5O4/c1-36-28(38-8-7-27(40)35-30(38)41)12-34-29(36)17-5-6-18-13-37(14-19(18)9-17)15-20-10-24(33)26(11-25(20)39)42-16-21-22(31)3-2-4-23(21)32/h2-6,9-12,39H,7-8,13-16H2,1H3,(H,35,40,41). The highest BCUT2D eigenvalue weighted by molar-refractivity contribution is 6.31. The third kappa shape index (κ3) is 5.28. The first-order valence-corrected chi connectivity index (χ1v) is 13.6. The number of ether oxygens (including phenoxy) is 1. The molecule has 0 spiro atoms. The highest BCUT2D eigenvalue weighted by Gasteiger charge is 2.28. The molecule has 2 aliphatic rings. The Labute approximate surface area is 244 Å². The Morgan fingerprint density at radius 2 is 1.88 bits per heavy atom. The molecule has 6 rings (SSSR count). The van der Waals surface area contributed by atoms with Gasteiger partial charge in [0.25, 0.3) is 0 Å². The van der Waals surface area contributed by atoms with Gasteiger partial charge in [-0.3, -0.25) is 19.9 Å². The molecule has 0 aliphatic carbocycles. The molecule has 0 unspecified atom stereocenters. The molecule has 0 radical (unpaired) electrons. The van der Waals surface area contributed by atoms with Gasteiger partial charge in [0.1, 0.15) is 29.8 Å². The van der Waals surface area contributed by atoms with Crippen LogP contribution < -0.4 is 15.0 Å². The molecule has 1 saturated heterocycles. The molecule has 3 heterocycles. The lowest BCUT2D eigenvalue weighted by molar-refractivity contribution is -0.120. The maximum atomic E-state index is 14.9. The largest absolute Gasteiger partial charge is 0.507 e. The van der Waals surface area contributed by atoms with Crippen molar-refractivity contribution < 1.29 is 28.2 Å². The average Bonchev–Trinajstić information content (AvgIpc) is 3.53. The van der Waals surface area contributed by atoms with Crippen molar-refractivity contribution >= 4 is 29.4 Å². The van der Waals surface area contributed by atoms with E-state index in [1.165, 1.54) is 35.2 Å². The summed E-state index contributed by atoms with van der Waals surface area (Å²) in [4.78, 5) is 31.9. The van der Waals surface area contributed by atoms with Crippen LogP contribution >= 0.6 is 11.6 Å². The number of nitrogens with one attached hydrogen (secondary N) is 1. The third-order valence-corrected chi connectivity index (χ3v) is 7.86. The van der Waals surface area contributed by atoms with E-state index in [1.54, 1.807) is 6.20 Å². The van der Waals surface area contributed by atoms with E-state index >= 15 is 0 Å². The number of hydrogen-bond acceptors (Lipinski definition) is 6. The van der Waals surface area contributed by atoms with Gasteiger partial charge in [0.05, 0.1) is 11.2 Å². The van der Waals surface area contributed by atoms with E-state index in [2.05, 4.69) is 15.2 Å². The highest BCUT2D eigenvalue weighted by Crippen LogP contribution is 2.34. The number of carbonyl (C=O) groups is 2. The molecule has 0 bridgehead atoms. The summed E-state index contributed by atoms with van der Waals surface area (Å²) in [5.74, 6) is -0.614. The molecule has 216 valence electrons. The number of anilines is 1. The predicted octanol–water partition coefficient (Wildman–Crippen LogP) is 5.27. The molecular formula is C30H26ClF2N5O4. The first-order chi connectivity index (χ1) is 20.2. The fraction of sp³-hybridized carbons (Fsp3) is 0.233. The number of nitrogens with zero attached hydrogens (tertiary/aromatic N) is 4. The number of benzene rings is 3. The number of imidazole rings is 1. The first-order valence-electron chi connectivity index (χ1n) is 13.2. The summed E-state index contributed by atoms with van der Waals surface area (Å²) in [6.45, 7) is 1.47. The molecule has 0 saturated carbocycles. The van der Waals surface area contributed by atoms with Crippen molar-refractivity contribution in [3.63, 3.8) is 0 Å². The van der Waals surface area contributed by atoms with Gasteiger partial charge in [-0.1, -0.05) is 29.8 Å². The fourth-order valence-corrected chi connectivity index (χ4v) is 5.52. The molecule has 42 heavy (non-hydrogen) atoms. The topological polar surface area (TPSA) is 99.9 Å². The minimum Gasteiger partial charge on any atom is -0.507 e. The van der Waals surface area contributed by atoms with Crippen LogP contribution in [0.25, 0.3) is 11.4 Å². The van der Waals surface area contributed by atoms with Gasteiger partial charge in [-0.2, -0.15) is 0 Å². The zero-order valence-electron chi connectivity index (χ0n) is 22.5. The zero-order chi connectivity index (χ0) is 29.5. The Morgan fingerprint density at radius 1 is 1.07 bits per heavy atom. The van der Waals surface area contributed by atoms with Crippen LogP contribution in [-0.4, -0.2) is 38.0 Å². The smallest absolute Gasteiger partial charge is 0.329 e. The van der Waals surface area contributed by atoms with E-state index in [1.807, 2.05) is 29.8 Å². The van der Waals surface area contributed by atoms with Crippen LogP contribution in [0.3, 0.4) is 0 Å². The molecule has 12 heteroatoms. The molecular weight excluding hydrogens is 568 g/mol. The summed E-state index contributed by atoms with van der Waals surface area (Å²) in [5, 5.41) is 13.1. The summed E-state index contributed by atoms with van der Waals surface area (Å²) in [6, 6.07) is 12.2. The molecule has 3 amide bonds. The lowest BCUT2D eigenvalue weighted by Gasteiger charge is -2.26. The molecule has 3 aromatic carbocycles. The van der Waals surface area contributed by atoms with Crippen LogP contribution in [0.5, 0.6) is 11.5 Å². The van der Waals surface area contributed by atoms with Crippen molar-refractivity contribution in [3.8, 4) is 22.9 Å². The normalized spacial score (nSPS) is 15.2. The van der Waals surface area contributed by atoms with Crippen molar-refractivity contribution in [2.75, 3.05) is 11.4 Å². The van der Waals surface area contributed by atoms with Crippen LogP contribution in [0.2, 0.25) is 5.02 Å². The summed E-state index contributed by atoms with van der Waals surface area (Å²) < 4.78 is 36.2. The maximum absolute atomic E-state index is 14.9.